The van der Waals surface area contributed by atoms with Crippen LogP contribution in [-0.4, -0.2) is 305 Å². The zero-order valence-corrected chi connectivity index (χ0v) is 76.1. The molecule has 4 heterocycles. The third-order valence-corrected chi connectivity index (χ3v) is 24.7. The van der Waals surface area contributed by atoms with Crippen molar-refractivity contribution in [2.75, 3.05) is 58.8 Å². The number of phenols is 1. The van der Waals surface area contributed by atoms with E-state index >= 15 is 51.9 Å². The van der Waals surface area contributed by atoms with Gasteiger partial charge in [0.25, 0.3) is 0 Å². The minimum atomic E-state index is -2.08. The molecule has 5 aromatic carbocycles. The molecule has 0 spiro atoms. The smallest absolute Gasteiger partial charge is 0.305 e. The van der Waals surface area contributed by atoms with Crippen molar-refractivity contribution in [1.82, 2.24) is 77.3 Å². The normalized spacial score (nSPS) is 24.5. The number of nitrogens with one attached hydrogen (secondary N) is 10. The Morgan fingerprint density at radius 1 is 0.511 bits per heavy atom. The molecule has 0 aliphatic carbocycles. The number of hydrogen-bond donors (Lipinski definition) is 17. The number of nitrogens with two attached hydrogens (primary N) is 2. The fourth-order valence-electron chi connectivity index (χ4n) is 16.4. The second kappa shape index (κ2) is 49.4. The number of thioether (sulfide) groups is 1. The molecule has 728 valence electrons. The Bertz CT molecular complexity index is 5260. The van der Waals surface area contributed by atoms with Crippen LogP contribution in [0.3, 0.4) is 0 Å². The first-order chi connectivity index (χ1) is 64.1. The summed E-state index contributed by atoms with van der Waals surface area (Å²) in [7, 11) is 3.53. The Hall–Kier alpha value is -13.6. The van der Waals surface area contributed by atoms with E-state index in [-0.39, 0.29) is 57.2 Å². The standard InChI is InChI=1S/C92H116F3N17O22S/c1-7-8-25-69-91(133)112-46-57(115)41-72(112)87(129)105-66(42-77(120)121)84(126)107-79(49(2)3)92(134)109(5)70(37-50-18-11-9-12-19-50)85(127)102-63(30-31-76(118)119)89(131)111-45-56(114)40-71(111)86(128)104-65(39-54-43-98-61-23-16-15-22-58(54)61)83(125)103-64(35-52-26-28-55(113)29-27-52)82(124)101-62(24-17-32-96)81(123)106-68(80(122)99-44-74(97)116)47-135-48-75(117)100-67(36-53-33-59(93)78(95)60(94)34-53)88(130)110(6)73(90(132)108(69)4)38-51-20-13-10-14-21-51/h9-16,18-23,26-29,33-34,43,49,56-57,62-73,79,98,113-115H,7-8,17,24-25,30-32,35-42,44-48,96H2,1-6H3,(H2,97,116)(H,99,122)(H,100,117)(H,101,124)(H,102,127)(H,103,125)(H,104,128)(H,105,129)(H,106,123)(H,107,126)(H,118,119)(H,120,121)/t56-,57-,62+,63-,64+,65+,66+,67+,68+,69+,70-,71-,72-,73+,79+/m1/s1. The van der Waals surface area contributed by atoms with Gasteiger partial charge in [-0.05, 0) is 96.3 Å². The molecule has 3 saturated heterocycles. The topological polar surface area (TPSA) is 584 Å². The molecule has 3 fully saturated rings. The van der Waals surface area contributed by atoms with Crippen molar-refractivity contribution in [3.8, 4) is 5.75 Å². The number of primary amides is 1. The largest absolute Gasteiger partial charge is 0.508 e. The highest BCUT2D eigenvalue weighted by atomic mass is 32.2. The highest BCUT2D eigenvalue weighted by molar-refractivity contribution is 8.00. The lowest BCUT2D eigenvalue weighted by atomic mass is 9.98. The number of unbranched alkanes of at least 4 members (excludes halogenated alkanes) is 1. The van der Waals surface area contributed by atoms with E-state index in [4.69, 9.17) is 11.5 Å². The fraction of sp³-hybridized carbons (Fsp3) is 0.467. The average Bonchev–Trinajstić information content (AvgIpc) is 1.64. The minimum absolute atomic E-state index is 0.00873. The third kappa shape index (κ3) is 29.2. The number of carboxylic acid groups (broad SMARTS) is 2. The number of carbonyl (C=O) groups is 17. The molecule has 0 radical (unpaired) electrons. The molecule has 1 aromatic heterocycles. The minimum Gasteiger partial charge on any atom is -0.508 e. The highest BCUT2D eigenvalue weighted by Crippen LogP contribution is 2.29. The van der Waals surface area contributed by atoms with Gasteiger partial charge in [-0.15, -0.1) is 11.8 Å². The number of aromatic amines is 1. The van der Waals surface area contributed by atoms with E-state index in [0.717, 1.165) is 31.5 Å². The van der Waals surface area contributed by atoms with Crippen LogP contribution in [-0.2, 0) is 114 Å². The molecule has 6 aromatic rings. The summed E-state index contributed by atoms with van der Waals surface area (Å²) >= 11 is 0.624. The van der Waals surface area contributed by atoms with E-state index in [1.54, 1.807) is 91.9 Å². The van der Waals surface area contributed by atoms with Crippen molar-refractivity contribution in [2.24, 2.45) is 17.4 Å². The van der Waals surface area contributed by atoms with Crippen LogP contribution in [0.15, 0.2) is 128 Å². The van der Waals surface area contributed by atoms with Crippen LogP contribution in [0.2, 0.25) is 0 Å². The van der Waals surface area contributed by atoms with Crippen molar-refractivity contribution in [1.29, 1.82) is 0 Å². The number of aliphatic hydroxyl groups excluding tert-OH is 2. The maximum absolute atomic E-state index is 15.7. The molecule has 15 atom stereocenters. The summed E-state index contributed by atoms with van der Waals surface area (Å²) in [4.78, 5) is 257. The van der Waals surface area contributed by atoms with Gasteiger partial charge in [0.15, 0.2) is 17.5 Å². The molecular formula is C92H116F3N17O22S. The van der Waals surface area contributed by atoms with Gasteiger partial charge in [0.05, 0.1) is 30.9 Å². The zero-order chi connectivity index (χ0) is 98.8. The van der Waals surface area contributed by atoms with Gasteiger partial charge in [-0.25, -0.2) is 13.2 Å². The SMILES string of the molecule is CCCC[C@H]1C(=O)N2C[C@H](O)C[C@@H]2C(=O)N[C@@H](CC(=O)O)C(=O)N[C@@H](C(C)C)C(=O)N(C)[C@H](Cc2ccccc2)C(=O)N[C@H](CCC(=O)O)C(=O)N2C[C@H](O)C[C@@H]2C(=O)N[C@@H](Cc2c[nH]c3ccccc23)C(=O)N[C@@H](Cc2ccc(O)cc2)C(=O)N[C@@H](CCCN)C(=O)N[C@H](C(=O)NCC(N)=O)CSCC(=O)N[C@@H](Cc2cc(F)c(F)c(F)c2)C(=O)N(C)[C@@H](Cc2ccccc2)C(=O)N1C. The molecule has 39 nitrogen and oxygen atoms in total. The number of aromatic nitrogens is 1. The number of aliphatic hydroxyl groups is 2. The van der Waals surface area contributed by atoms with Crippen molar-refractivity contribution in [2.45, 2.75) is 208 Å². The van der Waals surface area contributed by atoms with Crippen molar-refractivity contribution in [3.05, 3.63) is 173 Å². The van der Waals surface area contributed by atoms with Crippen molar-refractivity contribution < 1.29 is 120 Å². The number of amides is 15. The van der Waals surface area contributed by atoms with Gasteiger partial charge >= 0.3 is 11.9 Å². The fourth-order valence-corrected chi connectivity index (χ4v) is 17.2. The molecule has 0 saturated carbocycles. The Labute approximate surface area is 779 Å². The van der Waals surface area contributed by atoms with E-state index < -0.39 is 296 Å². The summed E-state index contributed by atoms with van der Waals surface area (Å²) in [6.07, 6.45) is -7.34. The van der Waals surface area contributed by atoms with Gasteiger partial charge in [0, 0.05) is 108 Å². The second-order valence-corrected chi connectivity index (χ2v) is 35.1. The van der Waals surface area contributed by atoms with Gasteiger partial charge in [-0.3, -0.25) is 81.5 Å². The number of carbonyl (C=O) groups excluding carboxylic acids is 15. The Balaban J connectivity index is 1.14. The number of benzene rings is 5. The summed E-state index contributed by atoms with van der Waals surface area (Å²) in [5.41, 5.74) is 13.1. The number of phenolic OH excluding ortho intramolecular Hbond substituents is 1. The molecule has 3 aliphatic heterocycles. The molecule has 3 aliphatic rings. The van der Waals surface area contributed by atoms with Gasteiger partial charge in [0.1, 0.15) is 84.3 Å². The predicted octanol–water partition coefficient (Wildman–Crippen LogP) is -0.640. The van der Waals surface area contributed by atoms with Gasteiger partial charge in [-0.1, -0.05) is 125 Å². The quantitative estimate of drug-likeness (QED) is 0.0317. The zero-order valence-electron chi connectivity index (χ0n) is 75.3. The van der Waals surface area contributed by atoms with Crippen LogP contribution in [0.1, 0.15) is 113 Å². The molecule has 0 unspecified atom stereocenters. The number of H-pyrrole nitrogens is 1. The molecule has 9 rings (SSSR count). The molecule has 19 N–H and O–H groups in total. The summed E-state index contributed by atoms with van der Waals surface area (Å²) < 4.78 is 45.1. The highest BCUT2D eigenvalue weighted by Gasteiger charge is 2.48. The number of fused-ring (bicyclic) bond motifs is 3. The molecule has 43 heteroatoms. The number of halogens is 3. The number of hydrogen-bond acceptors (Lipinski definition) is 22. The Morgan fingerprint density at radius 3 is 1.60 bits per heavy atom. The van der Waals surface area contributed by atoms with Crippen molar-refractivity contribution >= 4 is 123 Å². The number of aromatic hydroxyl groups is 1. The first kappa shape index (κ1) is 105. The van der Waals surface area contributed by atoms with E-state index in [2.05, 4.69) is 52.8 Å². The summed E-state index contributed by atoms with van der Waals surface area (Å²) in [5, 5.41) is 77.1. The predicted molar refractivity (Wildman–Crippen MR) is 483 cm³/mol. The lowest BCUT2D eigenvalue weighted by Crippen LogP contribution is -2.62. The number of carboxylic acids is 2. The van der Waals surface area contributed by atoms with E-state index in [9.17, 15) is 68.3 Å². The number of nitrogens with zero attached hydrogens (tertiary/aromatic N) is 5. The van der Waals surface area contributed by atoms with Crippen LogP contribution < -0.4 is 59.3 Å². The first-order valence-electron chi connectivity index (χ1n) is 44.2. The van der Waals surface area contributed by atoms with Crippen LogP contribution in [0.25, 0.3) is 10.9 Å². The molecule has 15 amide bonds. The van der Waals surface area contributed by atoms with Gasteiger partial charge in [-0.2, -0.15) is 0 Å². The van der Waals surface area contributed by atoms with Gasteiger partial charge in [0.2, 0.25) is 88.6 Å². The molecule has 135 heavy (non-hydrogen) atoms. The Morgan fingerprint density at radius 2 is 1.02 bits per heavy atom. The summed E-state index contributed by atoms with van der Waals surface area (Å²) in [6, 6.07) is 6.49. The van der Waals surface area contributed by atoms with Crippen LogP contribution in [0, 0.1) is 23.4 Å². The van der Waals surface area contributed by atoms with Gasteiger partial charge < -0.3 is 114 Å². The number of para-hydroxylation sites is 1. The van der Waals surface area contributed by atoms with E-state index in [1.165, 1.54) is 58.4 Å². The lowest BCUT2D eigenvalue weighted by molar-refractivity contribution is -0.152. The van der Waals surface area contributed by atoms with E-state index in [0.29, 0.717) is 63.5 Å². The first-order valence-corrected chi connectivity index (χ1v) is 45.3. The Kier molecular flexibility index (Phi) is 38.5. The summed E-state index contributed by atoms with van der Waals surface area (Å²) in [6.45, 7) is 2.58. The number of likely N-dealkylation sites (N-methyl/N-ethyl adjacent to an activating group) is 3. The molecular weight excluding hydrogens is 1780 g/mol. The van der Waals surface area contributed by atoms with Crippen LogP contribution in [0.5, 0.6) is 5.75 Å². The van der Waals surface area contributed by atoms with Crippen LogP contribution in [0.4, 0.5) is 13.2 Å². The second-order valence-electron chi connectivity index (χ2n) is 34.1. The van der Waals surface area contributed by atoms with Crippen LogP contribution >= 0.6 is 11.8 Å². The maximum atomic E-state index is 15.7. The average molecular weight is 1900 g/mol. The lowest BCUT2D eigenvalue weighted by Gasteiger charge is -2.38. The third-order valence-electron chi connectivity index (χ3n) is 23.7. The number of rotatable bonds is 25. The molecule has 0 bridgehead atoms. The van der Waals surface area contributed by atoms with Crippen molar-refractivity contribution in [3.63, 3.8) is 0 Å². The summed E-state index contributed by atoms with van der Waals surface area (Å²) in [5.74, 6) is -27.3. The monoisotopic (exact) mass is 1900 g/mol. The van der Waals surface area contributed by atoms with E-state index in [1.807, 2.05) is 0 Å². The maximum Gasteiger partial charge on any atom is 0.305 e. The number of aliphatic carboxylic acids is 2.